The van der Waals surface area contributed by atoms with Crippen LogP contribution in [0.5, 0.6) is 0 Å². The van der Waals surface area contributed by atoms with Gasteiger partial charge in [0, 0.05) is 6.42 Å². The van der Waals surface area contributed by atoms with Gasteiger partial charge in [-0.25, -0.2) is 0 Å². The number of rotatable bonds is 17. The largest absolute Gasteiger partial charge is 0.264 e. The summed E-state index contributed by atoms with van der Waals surface area (Å²) in [6, 6.07) is 0. The Bertz CT molecular complexity index is 335. The first kappa shape index (κ1) is 22.5. The molecule has 0 atom stereocenters. The van der Waals surface area contributed by atoms with Crippen molar-refractivity contribution in [2.24, 2.45) is 0 Å². The molecule has 0 spiro atoms. The van der Waals surface area contributed by atoms with Gasteiger partial charge in [0.1, 0.15) is 13.1 Å². The van der Waals surface area contributed by atoms with Crippen LogP contribution in [0.2, 0.25) is 0 Å². The monoisotopic (exact) mass is 351 g/mol. The lowest BCUT2D eigenvalue weighted by Crippen LogP contribution is -2.24. The topological polar surface area (TPSA) is 6.25 Å². The van der Waals surface area contributed by atoms with Gasteiger partial charge in [-0.15, -0.1) is 0 Å². The van der Waals surface area contributed by atoms with Gasteiger partial charge in [0.15, 0.2) is 0 Å². The fourth-order valence-electron chi connectivity index (χ4n) is 4.06. The Morgan fingerprint density at radius 2 is 1.08 bits per heavy atom. The molecule has 0 amide bonds. The van der Waals surface area contributed by atoms with Crippen molar-refractivity contribution in [2.75, 3.05) is 27.2 Å². The molecule has 1 rings (SSSR count). The quantitative estimate of drug-likeness (QED) is 0.211. The highest BCUT2D eigenvalue weighted by molar-refractivity contribution is 5.78. The number of amidine groups is 1. The Labute approximate surface area is 159 Å². The highest BCUT2D eigenvalue weighted by Crippen LogP contribution is 2.14. The highest BCUT2D eigenvalue weighted by atomic mass is 15.3. The molecular weight excluding hydrogens is 304 g/mol. The Balaban J connectivity index is 1.74. The maximum absolute atomic E-state index is 2.44. The maximum atomic E-state index is 2.44. The first-order valence-corrected chi connectivity index (χ1v) is 11.5. The average molecular weight is 352 g/mol. The molecule has 0 aliphatic carbocycles. The third-order valence-electron chi connectivity index (χ3n) is 5.91. The summed E-state index contributed by atoms with van der Waals surface area (Å²) in [5.41, 5.74) is 0. The van der Waals surface area contributed by atoms with E-state index >= 15 is 0 Å². The molecule has 0 aromatic heterocycles. The standard InChI is InChI=1S/C23H47N2/c1-4-5-6-7-8-9-10-11-12-13-14-15-16-17-18-19-20-23-24(2)21-22-25(23)3/h4-22H2,1-3H3/q+1. The van der Waals surface area contributed by atoms with Crippen molar-refractivity contribution in [3.05, 3.63) is 0 Å². The molecule has 0 N–H and O–H groups in total. The summed E-state index contributed by atoms with van der Waals surface area (Å²) >= 11 is 0. The molecule has 148 valence electrons. The zero-order valence-electron chi connectivity index (χ0n) is 17.8. The SMILES string of the molecule is CCCCCCCCCCCCCCCCCCC1=[N+](C)CCN1C. The molecule has 0 saturated heterocycles. The minimum atomic E-state index is 1.21. The number of nitrogens with zero attached hydrogens (tertiary/aromatic N) is 2. The summed E-state index contributed by atoms with van der Waals surface area (Å²) in [6.45, 7) is 4.72. The van der Waals surface area contributed by atoms with Crippen LogP contribution < -0.4 is 0 Å². The molecule has 1 aliphatic rings. The van der Waals surface area contributed by atoms with E-state index in [1.54, 1.807) is 5.84 Å². The summed E-state index contributed by atoms with van der Waals surface area (Å²) < 4.78 is 2.44. The molecule has 2 nitrogen and oxygen atoms in total. The average Bonchev–Trinajstić information content (AvgIpc) is 2.93. The summed E-state index contributed by atoms with van der Waals surface area (Å²) in [5, 5.41) is 0. The van der Waals surface area contributed by atoms with Crippen LogP contribution in [0.1, 0.15) is 116 Å². The van der Waals surface area contributed by atoms with Crippen LogP contribution in [0.3, 0.4) is 0 Å². The van der Waals surface area contributed by atoms with E-state index in [0.29, 0.717) is 0 Å². The molecule has 0 unspecified atom stereocenters. The second-order valence-electron chi connectivity index (χ2n) is 8.31. The van der Waals surface area contributed by atoms with Crippen molar-refractivity contribution in [1.82, 2.24) is 4.90 Å². The van der Waals surface area contributed by atoms with Crippen molar-refractivity contribution in [1.29, 1.82) is 0 Å². The first-order valence-electron chi connectivity index (χ1n) is 11.5. The van der Waals surface area contributed by atoms with E-state index in [4.69, 9.17) is 0 Å². The van der Waals surface area contributed by atoms with Gasteiger partial charge in [-0.3, -0.25) is 9.48 Å². The predicted octanol–water partition coefficient (Wildman–Crippen LogP) is 6.62. The Morgan fingerprint density at radius 3 is 1.44 bits per heavy atom. The van der Waals surface area contributed by atoms with Gasteiger partial charge in [-0.2, -0.15) is 0 Å². The molecule has 0 bridgehead atoms. The molecule has 0 radical (unpaired) electrons. The minimum Gasteiger partial charge on any atom is -0.264 e. The van der Waals surface area contributed by atoms with Crippen molar-refractivity contribution < 1.29 is 4.58 Å². The van der Waals surface area contributed by atoms with E-state index in [1.807, 2.05) is 0 Å². The normalized spacial score (nSPS) is 14.8. The summed E-state index contributed by atoms with van der Waals surface area (Å²) in [6.07, 6.45) is 24.5. The zero-order chi connectivity index (χ0) is 18.2. The van der Waals surface area contributed by atoms with Crippen molar-refractivity contribution in [3.8, 4) is 0 Å². The van der Waals surface area contributed by atoms with Gasteiger partial charge in [0.25, 0.3) is 0 Å². The molecule has 2 heteroatoms. The van der Waals surface area contributed by atoms with Crippen molar-refractivity contribution in [2.45, 2.75) is 116 Å². The van der Waals surface area contributed by atoms with Crippen LogP contribution in [0, 0.1) is 0 Å². The summed E-state index contributed by atoms with van der Waals surface area (Å²) in [4.78, 5) is 2.44. The van der Waals surface area contributed by atoms with E-state index < -0.39 is 0 Å². The molecule has 0 aromatic rings. The first-order chi connectivity index (χ1) is 12.3. The van der Waals surface area contributed by atoms with E-state index in [1.165, 1.54) is 122 Å². The van der Waals surface area contributed by atoms with Crippen LogP contribution in [-0.2, 0) is 0 Å². The molecular formula is C23H47N2+. The van der Waals surface area contributed by atoms with Gasteiger partial charge in [0.2, 0.25) is 5.84 Å². The zero-order valence-corrected chi connectivity index (χ0v) is 17.8. The molecule has 1 heterocycles. The fourth-order valence-corrected chi connectivity index (χ4v) is 4.06. The van der Waals surface area contributed by atoms with Crippen LogP contribution in [0.4, 0.5) is 0 Å². The Kier molecular flexibility index (Phi) is 14.1. The maximum Gasteiger partial charge on any atom is 0.246 e. The molecule has 0 fully saturated rings. The Hall–Kier alpha value is -0.530. The molecule has 0 saturated carbocycles. The molecule has 1 aliphatic heterocycles. The predicted molar refractivity (Wildman–Crippen MR) is 113 cm³/mol. The van der Waals surface area contributed by atoms with Crippen LogP contribution >= 0.6 is 0 Å². The second-order valence-corrected chi connectivity index (χ2v) is 8.31. The number of unbranched alkanes of at least 4 members (excludes halogenated alkanes) is 15. The van der Waals surface area contributed by atoms with Gasteiger partial charge < -0.3 is 0 Å². The van der Waals surface area contributed by atoms with Crippen molar-refractivity contribution >= 4 is 5.84 Å². The van der Waals surface area contributed by atoms with E-state index in [0.717, 1.165) is 0 Å². The number of hydrogen-bond donors (Lipinski definition) is 0. The van der Waals surface area contributed by atoms with Gasteiger partial charge in [-0.1, -0.05) is 103 Å². The lowest BCUT2D eigenvalue weighted by atomic mass is 10.0. The third-order valence-corrected chi connectivity index (χ3v) is 5.91. The highest BCUT2D eigenvalue weighted by Gasteiger charge is 2.23. The number of hydrogen-bond acceptors (Lipinski definition) is 1. The van der Waals surface area contributed by atoms with Crippen LogP contribution in [0.15, 0.2) is 0 Å². The second kappa shape index (κ2) is 15.7. The summed E-state index contributed by atoms with van der Waals surface area (Å²) in [5.74, 6) is 1.56. The lowest BCUT2D eigenvalue weighted by molar-refractivity contribution is -0.487. The van der Waals surface area contributed by atoms with Crippen LogP contribution in [-0.4, -0.2) is 42.5 Å². The Morgan fingerprint density at radius 1 is 0.680 bits per heavy atom. The van der Waals surface area contributed by atoms with E-state index in [9.17, 15) is 0 Å². The summed E-state index contributed by atoms with van der Waals surface area (Å²) in [7, 11) is 4.48. The van der Waals surface area contributed by atoms with Gasteiger partial charge >= 0.3 is 0 Å². The van der Waals surface area contributed by atoms with Gasteiger partial charge in [0.05, 0.1) is 14.1 Å². The van der Waals surface area contributed by atoms with E-state index in [-0.39, 0.29) is 0 Å². The van der Waals surface area contributed by atoms with Crippen molar-refractivity contribution in [3.63, 3.8) is 0 Å². The molecule has 0 aromatic carbocycles. The molecule has 25 heavy (non-hydrogen) atoms. The van der Waals surface area contributed by atoms with Crippen LogP contribution in [0.25, 0.3) is 0 Å². The smallest absolute Gasteiger partial charge is 0.246 e. The third kappa shape index (κ3) is 11.7. The minimum absolute atomic E-state index is 1.21. The number of likely N-dealkylation sites (N-methyl/N-ethyl adjacent to an activating group) is 2. The lowest BCUT2D eigenvalue weighted by Gasteiger charge is -2.07. The van der Waals surface area contributed by atoms with Gasteiger partial charge in [-0.05, 0) is 6.42 Å². The van der Waals surface area contributed by atoms with E-state index in [2.05, 4.69) is 30.5 Å². The fraction of sp³-hybridized carbons (Fsp3) is 0.957.